The molecule has 4 nitrogen and oxygen atoms in total. The number of amides is 1. The van der Waals surface area contributed by atoms with Crippen molar-refractivity contribution in [2.45, 2.75) is 38.8 Å². The van der Waals surface area contributed by atoms with Crippen molar-refractivity contribution < 1.29 is 9.53 Å². The molecule has 1 aromatic heterocycles. The van der Waals surface area contributed by atoms with E-state index in [2.05, 4.69) is 49.4 Å². The number of methoxy groups -OCH3 is 1. The maximum Gasteiger partial charge on any atom is 0.256 e. The van der Waals surface area contributed by atoms with Crippen LogP contribution in [0.1, 0.15) is 52.3 Å². The number of carbonyl (C=O) groups excluding carboxylic acids is 1. The fraction of sp³-hybridized carbons (Fsp3) is 0.421. The molecule has 1 aromatic carbocycles. The Morgan fingerprint density at radius 3 is 2.85 bits per heavy atom. The molecule has 138 valence electrons. The smallest absolute Gasteiger partial charge is 0.256 e. The topological polar surface area (TPSA) is 50.4 Å². The van der Waals surface area contributed by atoms with Gasteiger partial charge in [0.15, 0.2) is 0 Å². The number of anilines is 1. The summed E-state index contributed by atoms with van der Waals surface area (Å²) in [7, 11) is 1.64. The maximum absolute atomic E-state index is 12.9. The summed E-state index contributed by atoms with van der Waals surface area (Å²) in [5, 5.41) is 7.63. The third-order valence-corrected chi connectivity index (χ3v) is 7.51. The van der Waals surface area contributed by atoms with E-state index in [0.29, 0.717) is 0 Å². The Kier molecular flexibility index (Phi) is 5.05. The Morgan fingerprint density at radius 1 is 1.31 bits per heavy atom. The summed E-state index contributed by atoms with van der Waals surface area (Å²) in [5.74, 6) is 1.47. The molecule has 2 heterocycles. The van der Waals surface area contributed by atoms with Gasteiger partial charge in [-0.2, -0.15) is 0 Å². The third-order valence-electron chi connectivity index (χ3n) is 5.27. The Hall–Kier alpha value is -1.05. The van der Waals surface area contributed by atoms with E-state index in [0.717, 1.165) is 49.6 Å². The van der Waals surface area contributed by atoms with Crippen molar-refractivity contribution in [3.8, 4) is 5.75 Å². The van der Waals surface area contributed by atoms with Gasteiger partial charge in [-0.3, -0.25) is 4.79 Å². The molecular formula is C19H20Br2N2O2S. The standard InChI is InChI=1S/C19H20Br2N2O2S/c1-3-9-4-5-11-14(6-9)26-19-15(11)18(24)22-17(23-19)12-7-10(20)8-13(21)16(12)25-2/h7-9,17,23H,3-6H2,1-2H3,(H,22,24)/t9-,17-/m1/s1. The summed E-state index contributed by atoms with van der Waals surface area (Å²) in [5.41, 5.74) is 3.00. The molecule has 0 fully saturated rings. The lowest BCUT2D eigenvalue weighted by molar-refractivity contribution is 0.0934. The van der Waals surface area contributed by atoms with Crippen molar-refractivity contribution in [2.24, 2.45) is 5.92 Å². The Morgan fingerprint density at radius 2 is 2.12 bits per heavy atom. The molecule has 4 rings (SSSR count). The van der Waals surface area contributed by atoms with Crippen molar-refractivity contribution in [1.29, 1.82) is 0 Å². The highest BCUT2D eigenvalue weighted by molar-refractivity contribution is 9.11. The average Bonchev–Trinajstić information content (AvgIpc) is 2.98. The Labute approximate surface area is 174 Å². The van der Waals surface area contributed by atoms with Crippen LogP contribution in [-0.4, -0.2) is 13.0 Å². The monoisotopic (exact) mass is 498 g/mol. The zero-order valence-electron chi connectivity index (χ0n) is 14.6. The molecule has 0 radical (unpaired) electrons. The second-order valence-electron chi connectivity index (χ2n) is 6.79. The number of thiophene rings is 1. The number of carbonyl (C=O) groups is 1. The van der Waals surface area contributed by atoms with Gasteiger partial charge in [-0.25, -0.2) is 0 Å². The molecule has 0 saturated heterocycles. The first kappa shape index (κ1) is 18.3. The summed E-state index contributed by atoms with van der Waals surface area (Å²) in [6.45, 7) is 2.25. The molecule has 0 unspecified atom stereocenters. The minimum Gasteiger partial charge on any atom is -0.495 e. The highest BCUT2D eigenvalue weighted by Gasteiger charge is 2.34. The lowest BCUT2D eigenvalue weighted by Crippen LogP contribution is -2.38. The van der Waals surface area contributed by atoms with E-state index in [1.165, 1.54) is 23.3 Å². The van der Waals surface area contributed by atoms with Crippen LogP contribution in [0.5, 0.6) is 5.75 Å². The minimum atomic E-state index is -0.319. The van der Waals surface area contributed by atoms with E-state index in [9.17, 15) is 4.79 Å². The van der Waals surface area contributed by atoms with Gasteiger partial charge in [0.2, 0.25) is 0 Å². The van der Waals surface area contributed by atoms with Crippen molar-refractivity contribution >= 4 is 54.1 Å². The number of hydrogen-bond acceptors (Lipinski definition) is 4. The second kappa shape index (κ2) is 7.17. The summed E-state index contributed by atoms with van der Waals surface area (Å²) >= 11 is 8.81. The molecule has 7 heteroatoms. The predicted molar refractivity (Wildman–Crippen MR) is 112 cm³/mol. The van der Waals surface area contributed by atoms with Crippen LogP contribution in [-0.2, 0) is 12.8 Å². The van der Waals surface area contributed by atoms with Gasteiger partial charge in [-0.15, -0.1) is 11.3 Å². The molecular weight excluding hydrogens is 480 g/mol. The van der Waals surface area contributed by atoms with Crippen molar-refractivity contribution in [1.82, 2.24) is 5.32 Å². The number of ether oxygens (including phenoxy) is 1. The van der Waals surface area contributed by atoms with Crippen LogP contribution in [0.3, 0.4) is 0 Å². The van der Waals surface area contributed by atoms with E-state index in [1.807, 2.05) is 12.1 Å². The normalized spacial score (nSPS) is 21.5. The summed E-state index contributed by atoms with van der Waals surface area (Å²) in [6, 6.07) is 3.92. The molecule has 26 heavy (non-hydrogen) atoms. The van der Waals surface area contributed by atoms with Gasteiger partial charge in [-0.05, 0) is 58.8 Å². The molecule has 2 N–H and O–H groups in total. The van der Waals surface area contributed by atoms with Gasteiger partial charge in [0.25, 0.3) is 5.91 Å². The number of fused-ring (bicyclic) bond motifs is 3. The van der Waals surface area contributed by atoms with Crippen molar-refractivity contribution in [3.63, 3.8) is 0 Å². The average molecular weight is 500 g/mol. The fourth-order valence-electron chi connectivity index (χ4n) is 3.88. The Balaban J connectivity index is 1.72. The van der Waals surface area contributed by atoms with E-state index >= 15 is 0 Å². The third kappa shape index (κ3) is 3.08. The van der Waals surface area contributed by atoms with Gasteiger partial charge in [0.1, 0.15) is 16.9 Å². The molecule has 2 atom stereocenters. The number of hydrogen-bond donors (Lipinski definition) is 2. The summed E-state index contributed by atoms with van der Waals surface area (Å²) in [6.07, 6.45) is 4.16. The van der Waals surface area contributed by atoms with Crippen molar-refractivity contribution in [3.05, 3.63) is 42.6 Å². The summed E-state index contributed by atoms with van der Waals surface area (Å²) < 4.78 is 7.34. The zero-order chi connectivity index (χ0) is 18.4. The first-order valence-corrected chi connectivity index (χ1v) is 11.2. The molecule has 2 aliphatic rings. The number of nitrogens with one attached hydrogen (secondary N) is 2. The SMILES string of the molecule is CC[C@@H]1CCc2c(sc3c2C(=O)N[C@@H](c2cc(Br)cc(Br)c2OC)N3)C1. The van der Waals surface area contributed by atoms with E-state index in [1.54, 1.807) is 18.4 Å². The molecule has 0 spiro atoms. The van der Waals surface area contributed by atoms with Crippen LogP contribution >= 0.6 is 43.2 Å². The van der Waals surface area contributed by atoms with Gasteiger partial charge in [0.05, 0.1) is 17.1 Å². The fourth-order valence-corrected chi connectivity index (χ4v) is 6.69. The van der Waals surface area contributed by atoms with Crippen molar-refractivity contribution in [2.75, 3.05) is 12.4 Å². The van der Waals surface area contributed by atoms with Gasteiger partial charge in [0, 0.05) is 14.9 Å². The first-order chi connectivity index (χ1) is 12.5. The van der Waals surface area contributed by atoms with Gasteiger partial charge in [-0.1, -0.05) is 29.3 Å². The summed E-state index contributed by atoms with van der Waals surface area (Å²) in [4.78, 5) is 14.3. The van der Waals surface area contributed by atoms with Crippen LogP contribution in [0.15, 0.2) is 21.1 Å². The van der Waals surface area contributed by atoms with Gasteiger partial charge < -0.3 is 15.4 Å². The Bertz CT molecular complexity index is 881. The zero-order valence-corrected chi connectivity index (χ0v) is 18.6. The van der Waals surface area contributed by atoms with Crippen LogP contribution in [0.2, 0.25) is 0 Å². The van der Waals surface area contributed by atoms with Crippen LogP contribution in [0.25, 0.3) is 0 Å². The van der Waals surface area contributed by atoms with Crippen LogP contribution < -0.4 is 15.4 Å². The number of rotatable bonds is 3. The number of benzene rings is 1. The first-order valence-electron chi connectivity index (χ1n) is 8.76. The molecule has 1 aliphatic carbocycles. The van der Waals surface area contributed by atoms with Crippen LogP contribution in [0.4, 0.5) is 5.00 Å². The predicted octanol–water partition coefficient (Wildman–Crippen LogP) is 5.65. The lowest BCUT2D eigenvalue weighted by atomic mass is 9.85. The van der Waals surface area contributed by atoms with E-state index in [4.69, 9.17) is 4.74 Å². The molecule has 0 saturated carbocycles. The van der Waals surface area contributed by atoms with E-state index < -0.39 is 0 Å². The van der Waals surface area contributed by atoms with Crippen LogP contribution in [0, 0.1) is 5.92 Å². The number of halogens is 2. The van der Waals surface area contributed by atoms with Gasteiger partial charge >= 0.3 is 0 Å². The minimum absolute atomic E-state index is 0.00866. The molecule has 2 aromatic rings. The second-order valence-corrected chi connectivity index (χ2v) is 9.66. The largest absolute Gasteiger partial charge is 0.495 e. The molecule has 0 bridgehead atoms. The van der Waals surface area contributed by atoms with E-state index in [-0.39, 0.29) is 12.1 Å². The highest BCUT2D eigenvalue weighted by Crippen LogP contribution is 2.45. The lowest BCUT2D eigenvalue weighted by Gasteiger charge is -2.28. The molecule has 1 amide bonds. The highest BCUT2D eigenvalue weighted by atomic mass is 79.9. The molecule has 1 aliphatic heterocycles. The maximum atomic E-state index is 12.9. The quantitative estimate of drug-likeness (QED) is 0.573.